The Balaban J connectivity index is 2.32. The van der Waals surface area contributed by atoms with E-state index in [4.69, 9.17) is 0 Å². The summed E-state index contributed by atoms with van der Waals surface area (Å²) in [6.45, 7) is 4.71. The molecule has 0 fully saturated rings. The Hall–Kier alpha value is -0.510. The molecular formula is C11H14IN. The molecule has 0 unspecified atom stereocenters. The van der Waals surface area contributed by atoms with Crippen molar-refractivity contribution in [1.82, 2.24) is 0 Å². The van der Waals surface area contributed by atoms with Crippen LogP contribution in [0.5, 0.6) is 0 Å². The molecule has 0 aliphatic rings. The van der Waals surface area contributed by atoms with Crippen molar-refractivity contribution >= 4 is 28.3 Å². The smallest absolute Gasteiger partial charge is 0.0350 e. The van der Waals surface area contributed by atoms with E-state index >= 15 is 0 Å². The summed E-state index contributed by atoms with van der Waals surface area (Å²) in [6, 6.07) is 8.40. The van der Waals surface area contributed by atoms with Gasteiger partial charge in [0.25, 0.3) is 0 Å². The molecule has 0 saturated carbocycles. The van der Waals surface area contributed by atoms with Crippen LogP contribution in [0, 0.1) is 3.57 Å². The molecule has 0 aromatic heterocycles. The second kappa shape index (κ2) is 6.02. The standard InChI is InChI=1S/C11H14IN/c1-2-3-4-8-13-11-7-5-6-10(12)9-11/h2,5-7,9,13H,1,3-4,8H2. The lowest BCUT2D eigenvalue weighted by atomic mass is 10.3. The summed E-state index contributed by atoms with van der Waals surface area (Å²) in [7, 11) is 0. The number of allylic oxidation sites excluding steroid dienone is 1. The largest absolute Gasteiger partial charge is 0.385 e. The first-order valence-corrected chi connectivity index (χ1v) is 5.51. The number of halogens is 1. The molecule has 0 amide bonds. The highest BCUT2D eigenvalue weighted by Crippen LogP contribution is 2.12. The van der Waals surface area contributed by atoms with Crippen LogP contribution in [0.25, 0.3) is 0 Å². The predicted molar refractivity (Wildman–Crippen MR) is 67.1 cm³/mol. The van der Waals surface area contributed by atoms with Gasteiger partial charge < -0.3 is 5.32 Å². The first kappa shape index (κ1) is 10.6. The van der Waals surface area contributed by atoms with Crippen molar-refractivity contribution in [3.63, 3.8) is 0 Å². The topological polar surface area (TPSA) is 12.0 Å². The van der Waals surface area contributed by atoms with Crippen molar-refractivity contribution < 1.29 is 0 Å². The summed E-state index contributed by atoms with van der Waals surface area (Å²) in [4.78, 5) is 0. The van der Waals surface area contributed by atoms with Crippen LogP contribution in [-0.2, 0) is 0 Å². The highest BCUT2D eigenvalue weighted by atomic mass is 127. The van der Waals surface area contributed by atoms with Gasteiger partial charge in [0.1, 0.15) is 0 Å². The highest BCUT2D eigenvalue weighted by Gasteiger charge is 1.91. The van der Waals surface area contributed by atoms with E-state index in [1.165, 1.54) is 9.26 Å². The number of rotatable bonds is 5. The first-order valence-electron chi connectivity index (χ1n) is 4.43. The van der Waals surface area contributed by atoms with E-state index in [0.717, 1.165) is 19.4 Å². The second-order valence-electron chi connectivity index (χ2n) is 2.87. The summed E-state index contributed by atoms with van der Waals surface area (Å²) in [5.41, 5.74) is 1.20. The van der Waals surface area contributed by atoms with Crippen LogP contribution in [-0.4, -0.2) is 6.54 Å². The van der Waals surface area contributed by atoms with E-state index in [-0.39, 0.29) is 0 Å². The minimum Gasteiger partial charge on any atom is -0.385 e. The number of hydrogen-bond donors (Lipinski definition) is 1. The van der Waals surface area contributed by atoms with Crippen LogP contribution in [0.3, 0.4) is 0 Å². The molecule has 70 valence electrons. The molecule has 0 bridgehead atoms. The molecule has 0 aliphatic heterocycles. The monoisotopic (exact) mass is 287 g/mol. The summed E-state index contributed by atoms with van der Waals surface area (Å²) in [5, 5.41) is 3.37. The van der Waals surface area contributed by atoms with Crippen molar-refractivity contribution in [2.24, 2.45) is 0 Å². The van der Waals surface area contributed by atoms with Crippen LogP contribution >= 0.6 is 22.6 Å². The van der Waals surface area contributed by atoms with Crippen molar-refractivity contribution in [2.45, 2.75) is 12.8 Å². The van der Waals surface area contributed by atoms with Crippen molar-refractivity contribution in [1.29, 1.82) is 0 Å². The number of anilines is 1. The molecule has 1 aromatic carbocycles. The lowest BCUT2D eigenvalue weighted by molar-refractivity contribution is 0.891. The van der Waals surface area contributed by atoms with Gasteiger partial charge in [0, 0.05) is 15.8 Å². The van der Waals surface area contributed by atoms with Gasteiger partial charge in [0.2, 0.25) is 0 Å². The molecular weight excluding hydrogens is 273 g/mol. The summed E-state index contributed by atoms with van der Waals surface area (Å²) >= 11 is 2.32. The summed E-state index contributed by atoms with van der Waals surface area (Å²) in [6.07, 6.45) is 4.18. The number of benzene rings is 1. The Morgan fingerprint density at radius 3 is 3.00 bits per heavy atom. The molecule has 1 aromatic rings. The van der Waals surface area contributed by atoms with Crippen LogP contribution in [0.15, 0.2) is 36.9 Å². The van der Waals surface area contributed by atoms with Gasteiger partial charge in [-0.15, -0.1) is 6.58 Å². The zero-order valence-corrected chi connectivity index (χ0v) is 9.75. The average Bonchev–Trinajstić information content (AvgIpc) is 2.13. The fourth-order valence-electron chi connectivity index (χ4n) is 1.08. The van der Waals surface area contributed by atoms with Crippen LogP contribution < -0.4 is 5.32 Å². The Labute approximate surface area is 93.4 Å². The number of hydrogen-bond acceptors (Lipinski definition) is 1. The van der Waals surface area contributed by atoms with Gasteiger partial charge in [0.05, 0.1) is 0 Å². The minimum absolute atomic E-state index is 1.02. The van der Waals surface area contributed by atoms with Crippen LogP contribution in [0.4, 0.5) is 5.69 Å². The SMILES string of the molecule is C=CCCCNc1cccc(I)c1. The van der Waals surface area contributed by atoms with Crippen molar-refractivity contribution in [3.05, 3.63) is 40.5 Å². The fourth-order valence-corrected chi connectivity index (χ4v) is 1.62. The fraction of sp³-hybridized carbons (Fsp3) is 0.273. The van der Waals surface area contributed by atoms with Gasteiger partial charge >= 0.3 is 0 Å². The molecule has 0 radical (unpaired) electrons. The molecule has 1 rings (SSSR count). The minimum atomic E-state index is 1.02. The van der Waals surface area contributed by atoms with Gasteiger partial charge in [0.15, 0.2) is 0 Å². The van der Waals surface area contributed by atoms with E-state index in [2.05, 4.69) is 58.8 Å². The van der Waals surface area contributed by atoms with E-state index in [9.17, 15) is 0 Å². The number of nitrogens with one attached hydrogen (secondary N) is 1. The molecule has 0 heterocycles. The number of unbranched alkanes of at least 4 members (excludes halogenated alkanes) is 1. The molecule has 1 N–H and O–H groups in total. The maximum Gasteiger partial charge on any atom is 0.0350 e. The third-order valence-electron chi connectivity index (χ3n) is 1.74. The van der Waals surface area contributed by atoms with E-state index in [0.29, 0.717) is 0 Å². The van der Waals surface area contributed by atoms with E-state index in [1.807, 2.05) is 6.08 Å². The van der Waals surface area contributed by atoms with E-state index in [1.54, 1.807) is 0 Å². The van der Waals surface area contributed by atoms with Crippen LogP contribution in [0.1, 0.15) is 12.8 Å². The van der Waals surface area contributed by atoms with Crippen molar-refractivity contribution in [3.8, 4) is 0 Å². The molecule has 1 nitrogen and oxygen atoms in total. The zero-order valence-electron chi connectivity index (χ0n) is 7.59. The predicted octanol–water partition coefficient (Wildman–Crippen LogP) is 3.67. The Morgan fingerprint density at radius 2 is 2.31 bits per heavy atom. The van der Waals surface area contributed by atoms with Gasteiger partial charge in [-0.25, -0.2) is 0 Å². The maximum atomic E-state index is 3.69. The first-order chi connectivity index (χ1) is 6.33. The van der Waals surface area contributed by atoms with Gasteiger partial charge in [-0.05, 0) is 53.6 Å². The normalized spacial score (nSPS) is 9.62. The highest BCUT2D eigenvalue weighted by molar-refractivity contribution is 14.1. The van der Waals surface area contributed by atoms with Crippen molar-refractivity contribution in [2.75, 3.05) is 11.9 Å². The van der Waals surface area contributed by atoms with Gasteiger partial charge in [-0.1, -0.05) is 12.1 Å². The zero-order chi connectivity index (χ0) is 9.52. The molecule has 0 saturated heterocycles. The molecule has 0 atom stereocenters. The average molecular weight is 287 g/mol. The van der Waals surface area contributed by atoms with Gasteiger partial charge in [-0.2, -0.15) is 0 Å². The second-order valence-corrected chi connectivity index (χ2v) is 4.11. The summed E-state index contributed by atoms with van der Waals surface area (Å²) < 4.78 is 1.27. The third kappa shape index (κ3) is 4.31. The Kier molecular flexibility index (Phi) is 4.90. The summed E-state index contributed by atoms with van der Waals surface area (Å²) in [5.74, 6) is 0. The Bertz CT molecular complexity index is 271. The molecule has 2 heteroatoms. The van der Waals surface area contributed by atoms with Gasteiger partial charge in [-0.3, -0.25) is 0 Å². The lowest BCUT2D eigenvalue weighted by Crippen LogP contribution is -2.00. The quantitative estimate of drug-likeness (QED) is 0.495. The van der Waals surface area contributed by atoms with Crippen LogP contribution in [0.2, 0.25) is 0 Å². The lowest BCUT2D eigenvalue weighted by Gasteiger charge is -2.04. The van der Waals surface area contributed by atoms with E-state index < -0.39 is 0 Å². The Morgan fingerprint density at radius 1 is 1.46 bits per heavy atom. The molecule has 0 spiro atoms. The maximum absolute atomic E-state index is 3.69. The third-order valence-corrected chi connectivity index (χ3v) is 2.41. The molecule has 13 heavy (non-hydrogen) atoms. The molecule has 0 aliphatic carbocycles.